The third-order valence-electron chi connectivity index (χ3n) is 3.81. The van der Waals surface area contributed by atoms with E-state index in [2.05, 4.69) is 15.3 Å². The van der Waals surface area contributed by atoms with Gasteiger partial charge in [-0.15, -0.1) is 11.3 Å². The molecule has 0 atom stereocenters. The number of benzene rings is 1. The summed E-state index contributed by atoms with van der Waals surface area (Å²) in [6.07, 6.45) is 1.13. The van der Waals surface area contributed by atoms with Gasteiger partial charge in [-0.1, -0.05) is 6.07 Å². The molecule has 1 N–H and O–H groups in total. The minimum Gasteiger partial charge on any atom is -0.321 e. The largest absolute Gasteiger partial charge is 0.321 e. The van der Waals surface area contributed by atoms with E-state index in [0.29, 0.717) is 16.4 Å². The zero-order chi connectivity index (χ0) is 18.4. The van der Waals surface area contributed by atoms with Gasteiger partial charge in [0.25, 0.3) is 5.91 Å². The lowest BCUT2D eigenvalue weighted by Crippen LogP contribution is -2.12. The maximum Gasteiger partial charge on any atom is 0.266 e. The summed E-state index contributed by atoms with van der Waals surface area (Å²) in [6.45, 7) is 5.58. The minimum absolute atomic E-state index is 0.163. The first kappa shape index (κ1) is 17.5. The van der Waals surface area contributed by atoms with Gasteiger partial charge in [0.05, 0.1) is 9.77 Å². The molecule has 0 spiro atoms. The van der Waals surface area contributed by atoms with Gasteiger partial charge in [-0.05, 0) is 44.5 Å². The van der Waals surface area contributed by atoms with Crippen LogP contribution in [0.5, 0.6) is 0 Å². The van der Waals surface area contributed by atoms with Crippen LogP contribution in [-0.2, 0) is 9.84 Å². The van der Waals surface area contributed by atoms with E-state index in [1.54, 1.807) is 12.1 Å². The number of nitrogens with one attached hydrogen (secondary N) is 1. The number of nitrogens with zero attached hydrogens (tertiary/aromatic N) is 2. The predicted molar refractivity (Wildman–Crippen MR) is 99.1 cm³/mol. The maximum atomic E-state index is 12.7. The second-order valence-corrected chi connectivity index (χ2v) is 8.86. The van der Waals surface area contributed by atoms with Crippen molar-refractivity contribution in [1.29, 1.82) is 0 Å². The zero-order valence-electron chi connectivity index (χ0n) is 14.2. The maximum absolute atomic E-state index is 12.7. The summed E-state index contributed by atoms with van der Waals surface area (Å²) in [6, 6.07) is 6.20. The van der Waals surface area contributed by atoms with Gasteiger partial charge in [0.15, 0.2) is 9.84 Å². The highest BCUT2D eigenvalue weighted by molar-refractivity contribution is 7.90. The zero-order valence-corrected chi connectivity index (χ0v) is 15.9. The fraction of sp³-hybridized carbons (Fsp3) is 0.235. The van der Waals surface area contributed by atoms with Gasteiger partial charge in [-0.25, -0.2) is 18.4 Å². The van der Waals surface area contributed by atoms with Crippen molar-refractivity contribution in [2.45, 2.75) is 25.7 Å². The Kier molecular flexibility index (Phi) is 4.34. The number of thiophene rings is 1. The third-order valence-corrected chi connectivity index (χ3v) is 6.10. The Morgan fingerprint density at radius 1 is 1.16 bits per heavy atom. The minimum atomic E-state index is -3.33. The highest BCUT2D eigenvalue weighted by Crippen LogP contribution is 2.31. The van der Waals surface area contributed by atoms with Crippen LogP contribution in [0, 0.1) is 20.8 Å². The molecule has 0 unspecified atom stereocenters. The molecule has 1 aromatic carbocycles. The van der Waals surface area contributed by atoms with Gasteiger partial charge in [0, 0.05) is 23.0 Å². The fourth-order valence-corrected chi connectivity index (χ4v) is 4.52. The van der Waals surface area contributed by atoms with E-state index >= 15 is 0 Å². The molecule has 0 bridgehead atoms. The lowest BCUT2D eigenvalue weighted by Gasteiger charge is -2.06. The summed E-state index contributed by atoms with van der Waals surface area (Å²) in [5.74, 6) is 0.377. The lowest BCUT2D eigenvalue weighted by atomic mass is 10.1. The Morgan fingerprint density at radius 2 is 1.88 bits per heavy atom. The number of rotatable bonds is 3. The first-order valence-corrected chi connectivity index (χ1v) is 10.2. The van der Waals surface area contributed by atoms with E-state index in [9.17, 15) is 13.2 Å². The van der Waals surface area contributed by atoms with Gasteiger partial charge >= 0.3 is 0 Å². The van der Waals surface area contributed by atoms with Crippen molar-refractivity contribution in [2.24, 2.45) is 0 Å². The van der Waals surface area contributed by atoms with Crippen molar-refractivity contribution in [2.75, 3.05) is 11.6 Å². The molecule has 0 radical (unpaired) electrons. The van der Waals surface area contributed by atoms with E-state index in [4.69, 9.17) is 0 Å². The van der Waals surface area contributed by atoms with Crippen LogP contribution in [0.4, 0.5) is 5.69 Å². The third kappa shape index (κ3) is 3.40. The van der Waals surface area contributed by atoms with E-state index < -0.39 is 9.84 Å². The number of carbonyl (C=O) groups excluding carboxylic acids is 1. The molecule has 0 aliphatic rings. The number of fused-ring (bicyclic) bond motifs is 1. The summed E-state index contributed by atoms with van der Waals surface area (Å²) in [5, 5.41) is 3.66. The quantitative estimate of drug-likeness (QED) is 0.759. The highest BCUT2D eigenvalue weighted by Gasteiger charge is 2.19. The second-order valence-electron chi connectivity index (χ2n) is 5.85. The van der Waals surface area contributed by atoms with Gasteiger partial charge in [-0.2, -0.15) is 0 Å². The highest BCUT2D eigenvalue weighted by atomic mass is 32.2. The van der Waals surface area contributed by atoms with Crippen LogP contribution in [0.1, 0.15) is 26.8 Å². The molecule has 3 rings (SSSR count). The molecular formula is C17H17N3O3S2. The van der Waals surface area contributed by atoms with Gasteiger partial charge in [0.2, 0.25) is 0 Å². The van der Waals surface area contributed by atoms with Crippen molar-refractivity contribution in [3.05, 3.63) is 46.2 Å². The first-order valence-electron chi connectivity index (χ1n) is 7.52. The molecular weight excluding hydrogens is 358 g/mol. The topological polar surface area (TPSA) is 89.0 Å². The molecule has 0 saturated carbocycles. The number of hydrogen-bond donors (Lipinski definition) is 1. The van der Waals surface area contributed by atoms with Crippen molar-refractivity contribution in [3.63, 3.8) is 0 Å². The Bertz CT molecular complexity index is 1100. The van der Waals surface area contributed by atoms with Gasteiger partial charge in [0.1, 0.15) is 10.7 Å². The number of amides is 1. The summed E-state index contributed by atoms with van der Waals surface area (Å²) < 4.78 is 23.3. The monoisotopic (exact) mass is 375 g/mol. The van der Waals surface area contributed by atoms with Crippen molar-refractivity contribution < 1.29 is 13.2 Å². The molecule has 0 saturated heterocycles. The van der Waals surface area contributed by atoms with Crippen LogP contribution >= 0.6 is 11.3 Å². The number of aryl methyl sites for hydroxylation is 3. The van der Waals surface area contributed by atoms with Crippen molar-refractivity contribution in [3.8, 4) is 0 Å². The Morgan fingerprint density at radius 3 is 2.56 bits per heavy atom. The molecule has 3 aromatic rings. The summed E-state index contributed by atoms with van der Waals surface area (Å²) in [7, 11) is -3.33. The van der Waals surface area contributed by atoms with Crippen LogP contribution in [0.25, 0.3) is 10.2 Å². The Labute approximate surface area is 149 Å². The molecule has 2 aromatic heterocycles. The molecule has 0 aliphatic carbocycles. The summed E-state index contributed by atoms with van der Waals surface area (Å²) in [5.41, 5.74) is 2.10. The van der Waals surface area contributed by atoms with Crippen LogP contribution in [0.3, 0.4) is 0 Å². The normalized spacial score (nSPS) is 11.7. The summed E-state index contributed by atoms with van der Waals surface area (Å²) in [4.78, 5) is 22.9. The number of anilines is 1. The smallest absolute Gasteiger partial charge is 0.266 e. The van der Waals surface area contributed by atoms with Crippen LogP contribution in [-0.4, -0.2) is 30.5 Å². The Hall–Kier alpha value is -2.32. The number of carbonyl (C=O) groups is 1. The number of sulfone groups is 1. The van der Waals surface area contributed by atoms with Crippen molar-refractivity contribution in [1.82, 2.24) is 9.97 Å². The van der Waals surface area contributed by atoms with E-state index in [1.807, 2.05) is 20.8 Å². The van der Waals surface area contributed by atoms with E-state index in [0.717, 1.165) is 27.7 Å². The molecule has 130 valence electrons. The lowest BCUT2D eigenvalue weighted by molar-refractivity contribution is 0.103. The van der Waals surface area contributed by atoms with Gasteiger partial charge in [-0.3, -0.25) is 4.79 Å². The van der Waals surface area contributed by atoms with Gasteiger partial charge < -0.3 is 5.32 Å². The summed E-state index contributed by atoms with van der Waals surface area (Å²) >= 11 is 1.31. The molecule has 8 heteroatoms. The Balaban J connectivity index is 1.99. The second kappa shape index (κ2) is 6.20. The van der Waals surface area contributed by atoms with E-state index in [-0.39, 0.29) is 10.8 Å². The number of hydrogen-bond acceptors (Lipinski definition) is 6. The fourth-order valence-electron chi connectivity index (χ4n) is 2.68. The molecule has 0 aliphatic heterocycles. The van der Waals surface area contributed by atoms with Crippen molar-refractivity contribution >= 4 is 43.0 Å². The molecule has 25 heavy (non-hydrogen) atoms. The first-order chi connectivity index (χ1) is 11.7. The molecule has 1 amide bonds. The molecule has 2 heterocycles. The van der Waals surface area contributed by atoms with Crippen LogP contribution in [0.15, 0.2) is 29.2 Å². The van der Waals surface area contributed by atoms with E-state index in [1.165, 1.54) is 23.5 Å². The SMILES string of the molecule is Cc1nc(C)c2c(C)c(C(=O)Nc3cccc(S(C)(=O)=O)c3)sc2n1. The predicted octanol–water partition coefficient (Wildman–Crippen LogP) is 3.27. The molecule has 6 nitrogen and oxygen atoms in total. The van der Waals surface area contributed by atoms with Crippen LogP contribution in [0.2, 0.25) is 0 Å². The average molecular weight is 375 g/mol. The molecule has 0 fully saturated rings. The standard InChI is InChI=1S/C17H17N3O3S2/c1-9-14-10(2)18-11(3)19-17(14)24-15(9)16(21)20-12-6-5-7-13(8-12)25(4,22)23/h5-8H,1-4H3,(H,20,21). The number of aromatic nitrogens is 2. The average Bonchev–Trinajstić information content (AvgIpc) is 2.83. The van der Waals surface area contributed by atoms with Crippen LogP contribution < -0.4 is 5.32 Å².